The van der Waals surface area contributed by atoms with Crippen molar-refractivity contribution in [3.8, 4) is 11.5 Å². The molecule has 6 rings (SSSR count). The number of amides is 3. The first-order chi connectivity index (χ1) is 21.8. The lowest BCUT2D eigenvalue weighted by molar-refractivity contribution is -0.123. The number of benzene rings is 2. The van der Waals surface area contributed by atoms with E-state index in [0.29, 0.717) is 48.2 Å². The van der Waals surface area contributed by atoms with Gasteiger partial charge in [-0.25, -0.2) is 19.5 Å². The summed E-state index contributed by atoms with van der Waals surface area (Å²) in [6.45, 7) is 3.03. The van der Waals surface area contributed by atoms with Crippen LogP contribution >= 0.6 is 11.8 Å². The number of hydrogen-bond donors (Lipinski definition) is 1. The molecule has 3 atom stereocenters. The van der Waals surface area contributed by atoms with Crippen molar-refractivity contribution in [1.29, 1.82) is 0 Å². The van der Waals surface area contributed by atoms with Crippen LogP contribution in [0, 0.1) is 5.92 Å². The van der Waals surface area contributed by atoms with Crippen LogP contribution < -0.4 is 14.4 Å². The van der Waals surface area contributed by atoms with Crippen molar-refractivity contribution in [3.05, 3.63) is 77.5 Å². The highest BCUT2D eigenvalue weighted by atomic mass is 32.2. The number of thioether (sulfide) groups is 1. The van der Waals surface area contributed by atoms with Crippen molar-refractivity contribution in [2.45, 2.75) is 37.3 Å². The van der Waals surface area contributed by atoms with Crippen molar-refractivity contribution in [2.75, 3.05) is 38.9 Å². The van der Waals surface area contributed by atoms with Crippen LogP contribution in [0.25, 0.3) is 4.91 Å². The first-order valence-electron chi connectivity index (χ1n) is 14.5. The molecule has 3 aliphatic heterocycles. The molecule has 1 N–H and O–H groups in total. The van der Waals surface area contributed by atoms with E-state index in [1.165, 1.54) is 49.5 Å². The molecular formula is C32H33N3O9S. The van der Waals surface area contributed by atoms with Crippen LogP contribution in [0.1, 0.15) is 47.7 Å². The number of fused-ring (bicyclic) bond motifs is 1. The van der Waals surface area contributed by atoms with Crippen LogP contribution in [0.15, 0.2) is 64.9 Å². The number of nitrogens with zero attached hydrogens (tertiary/aromatic N) is 3. The summed E-state index contributed by atoms with van der Waals surface area (Å²) in [6, 6.07) is 11.2. The SMILES string of the molecule is COc1ccccc1C(CN1C(=O)N(c2cccc(C(=O)O)c2OC)C(=O)C2C(C)=C(c3ncco3)SC21)OC1CCOCC1. The molecule has 3 aliphatic rings. The predicted molar refractivity (Wildman–Crippen MR) is 164 cm³/mol. The Morgan fingerprint density at radius 3 is 2.58 bits per heavy atom. The lowest BCUT2D eigenvalue weighted by Crippen LogP contribution is -2.61. The van der Waals surface area contributed by atoms with Gasteiger partial charge in [0.25, 0.3) is 0 Å². The van der Waals surface area contributed by atoms with Gasteiger partial charge in [-0.2, -0.15) is 0 Å². The van der Waals surface area contributed by atoms with Gasteiger partial charge in [0.2, 0.25) is 11.8 Å². The number of imide groups is 1. The summed E-state index contributed by atoms with van der Waals surface area (Å²) in [6.07, 6.45) is 3.63. The molecule has 45 heavy (non-hydrogen) atoms. The van der Waals surface area contributed by atoms with Gasteiger partial charge < -0.3 is 33.4 Å². The fraction of sp³-hybridized carbons (Fsp3) is 0.375. The number of carboxylic acids is 1. The van der Waals surface area contributed by atoms with Crippen LogP contribution in [0.3, 0.4) is 0 Å². The number of aromatic nitrogens is 1. The van der Waals surface area contributed by atoms with Gasteiger partial charge in [0, 0.05) is 18.8 Å². The lowest BCUT2D eigenvalue weighted by atomic mass is 9.94. The number of anilines is 1. The maximum Gasteiger partial charge on any atom is 0.339 e. The number of methoxy groups -OCH3 is 2. The topological polar surface area (TPSA) is 141 Å². The maximum atomic E-state index is 14.6. The number of aromatic carboxylic acids is 1. The average molecular weight is 636 g/mol. The Labute approximate surface area is 263 Å². The van der Waals surface area contributed by atoms with E-state index in [2.05, 4.69) is 4.98 Å². The molecule has 3 unspecified atom stereocenters. The zero-order valence-corrected chi connectivity index (χ0v) is 25.8. The van der Waals surface area contributed by atoms with Crippen molar-refractivity contribution in [3.63, 3.8) is 0 Å². The number of rotatable bonds is 10. The minimum Gasteiger partial charge on any atom is -0.496 e. The molecule has 13 heteroatoms. The monoisotopic (exact) mass is 635 g/mol. The predicted octanol–water partition coefficient (Wildman–Crippen LogP) is 5.22. The molecule has 0 bridgehead atoms. The highest BCUT2D eigenvalue weighted by molar-refractivity contribution is 8.09. The summed E-state index contributed by atoms with van der Waals surface area (Å²) in [7, 11) is 2.89. The second-order valence-electron chi connectivity index (χ2n) is 10.8. The molecule has 236 valence electrons. The summed E-state index contributed by atoms with van der Waals surface area (Å²) >= 11 is 1.33. The minimum absolute atomic E-state index is 0.0393. The molecule has 0 radical (unpaired) electrons. The lowest BCUT2D eigenvalue weighted by Gasteiger charge is -2.44. The number of hydrogen-bond acceptors (Lipinski definition) is 10. The number of urea groups is 1. The Kier molecular flexibility index (Phi) is 8.83. The van der Waals surface area contributed by atoms with Gasteiger partial charge in [0.1, 0.15) is 23.7 Å². The largest absolute Gasteiger partial charge is 0.496 e. The van der Waals surface area contributed by atoms with Crippen molar-refractivity contribution >= 4 is 40.3 Å². The molecule has 12 nitrogen and oxygen atoms in total. The van der Waals surface area contributed by atoms with Crippen LogP contribution in [0.2, 0.25) is 0 Å². The molecular weight excluding hydrogens is 602 g/mol. The Hall–Kier alpha value is -4.33. The summed E-state index contributed by atoms with van der Waals surface area (Å²) in [5.74, 6) is -1.68. The summed E-state index contributed by atoms with van der Waals surface area (Å²) in [5, 5.41) is 9.20. The zero-order valence-electron chi connectivity index (χ0n) is 25.0. The highest BCUT2D eigenvalue weighted by Crippen LogP contribution is 2.52. The molecule has 2 fully saturated rings. The minimum atomic E-state index is -1.25. The van der Waals surface area contributed by atoms with E-state index >= 15 is 0 Å². The number of carbonyl (C=O) groups is 3. The van der Waals surface area contributed by atoms with E-state index < -0.39 is 35.3 Å². The molecule has 1 aromatic heterocycles. The summed E-state index contributed by atoms with van der Waals surface area (Å²) < 4.78 is 29.0. The van der Waals surface area contributed by atoms with E-state index in [0.717, 1.165) is 10.5 Å². The molecule has 2 aromatic carbocycles. The molecule has 3 amide bonds. The first kappa shape index (κ1) is 30.7. The second kappa shape index (κ2) is 13.0. The van der Waals surface area contributed by atoms with Crippen LogP contribution in [0.5, 0.6) is 11.5 Å². The van der Waals surface area contributed by atoms with Crippen molar-refractivity contribution < 1.29 is 42.9 Å². The van der Waals surface area contributed by atoms with Gasteiger partial charge in [0.15, 0.2) is 5.75 Å². The molecule has 3 aromatic rings. The van der Waals surface area contributed by atoms with Crippen molar-refractivity contribution in [2.24, 2.45) is 5.92 Å². The van der Waals surface area contributed by atoms with E-state index in [4.69, 9.17) is 23.4 Å². The fourth-order valence-corrected chi connectivity index (χ4v) is 7.59. The van der Waals surface area contributed by atoms with Crippen LogP contribution in [0.4, 0.5) is 10.5 Å². The average Bonchev–Trinajstić information content (AvgIpc) is 3.71. The third-order valence-corrected chi connectivity index (χ3v) is 9.75. The third kappa shape index (κ3) is 5.67. The second-order valence-corrected chi connectivity index (χ2v) is 11.9. The van der Waals surface area contributed by atoms with E-state index in [9.17, 15) is 19.5 Å². The number of oxazole rings is 1. The quantitative estimate of drug-likeness (QED) is 0.314. The molecule has 0 aliphatic carbocycles. The third-order valence-electron chi connectivity index (χ3n) is 8.25. The Bertz CT molecular complexity index is 1620. The Balaban J connectivity index is 1.46. The molecule has 4 heterocycles. The van der Waals surface area contributed by atoms with E-state index in [-0.39, 0.29) is 29.6 Å². The smallest absolute Gasteiger partial charge is 0.339 e. The number of carbonyl (C=O) groups excluding carboxylic acids is 2. The van der Waals surface area contributed by atoms with Gasteiger partial charge in [-0.3, -0.25) is 4.79 Å². The van der Waals surface area contributed by atoms with Gasteiger partial charge in [-0.15, -0.1) is 0 Å². The first-order valence-corrected chi connectivity index (χ1v) is 15.4. The molecule has 0 spiro atoms. The number of carboxylic acid groups (broad SMARTS) is 1. The van der Waals surface area contributed by atoms with Crippen LogP contribution in [-0.4, -0.2) is 78.4 Å². The maximum absolute atomic E-state index is 14.6. The number of ether oxygens (including phenoxy) is 4. The summed E-state index contributed by atoms with van der Waals surface area (Å²) in [5.41, 5.74) is 1.31. The Morgan fingerprint density at radius 1 is 1.11 bits per heavy atom. The van der Waals surface area contributed by atoms with E-state index in [1.54, 1.807) is 12.0 Å². The number of para-hydroxylation sites is 2. The van der Waals surface area contributed by atoms with Gasteiger partial charge >= 0.3 is 12.0 Å². The molecule has 2 saturated heterocycles. The fourth-order valence-electron chi connectivity index (χ4n) is 6.07. The standard InChI is InChI=1S/C32H33N3O9S/c1-18-25-29(36)35(22-9-6-8-21(31(37)38)26(22)41-3)32(39)34(30(25)45-27(18)28-33-13-16-43-28)17-24(44-19-11-14-42-15-12-19)20-7-4-5-10-23(20)40-2/h4-10,13,16,19,24-25,30H,11-12,14-15,17H2,1-3H3,(H,37,38). The van der Waals surface area contributed by atoms with Crippen molar-refractivity contribution in [1.82, 2.24) is 9.88 Å². The zero-order chi connectivity index (χ0) is 31.7. The van der Waals surface area contributed by atoms with Gasteiger partial charge in [-0.1, -0.05) is 36.0 Å². The highest BCUT2D eigenvalue weighted by Gasteiger charge is 2.54. The van der Waals surface area contributed by atoms with Crippen LogP contribution in [-0.2, 0) is 14.3 Å². The van der Waals surface area contributed by atoms with Gasteiger partial charge in [-0.05, 0) is 43.5 Å². The Morgan fingerprint density at radius 2 is 1.89 bits per heavy atom. The normalized spacial score (nSPS) is 21.2. The van der Waals surface area contributed by atoms with E-state index in [1.807, 2.05) is 31.2 Å². The van der Waals surface area contributed by atoms with Gasteiger partial charge in [0.05, 0.1) is 54.9 Å². The molecule has 0 saturated carbocycles. The summed E-state index contributed by atoms with van der Waals surface area (Å²) in [4.78, 5) is 48.6.